The monoisotopic (exact) mass is 552 g/mol. The number of hydrogen-bond donors (Lipinski definition) is 1. The normalized spacial score (nSPS) is 15.3. The van der Waals surface area contributed by atoms with E-state index in [2.05, 4.69) is 70.2 Å². The first-order valence-electron chi connectivity index (χ1n) is 13.0. The second-order valence-corrected chi connectivity index (χ2v) is 17.7. The Kier molecular flexibility index (Phi) is 7.09. The molecule has 0 radical (unpaired) electrons. The number of nitrogen functional groups attached to an aromatic ring is 1. The fraction of sp³-hybridized carbons (Fsp3) is 0.520. The SMILES string of the molecule is CC[C@@H]1c2nnc(C)n2-c2cnc(-c3sc(N)nc3-c3ccnn3COCC[Si](C)(C)C)nc2N1C(C)C. The van der Waals surface area contributed by atoms with Gasteiger partial charge in [0.05, 0.1) is 17.9 Å². The third-order valence-electron chi connectivity index (χ3n) is 6.68. The minimum atomic E-state index is -1.17. The van der Waals surface area contributed by atoms with E-state index in [1.165, 1.54) is 11.3 Å². The first-order valence-corrected chi connectivity index (χ1v) is 17.6. The van der Waals surface area contributed by atoms with E-state index in [1.807, 2.05) is 23.9 Å². The van der Waals surface area contributed by atoms with Gasteiger partial charge in [0.15, 0.2) is 22.6 Å². The molecule has 4 aromatic rings. The summed E-state index contributed by atoms with van der Waals surface area (Å²) in [5, 5.41) is 13.8. The van der Waals surface area contributed by atoms with Crippen LogP contribution in [0.4, 0.5) is 10.9 Å². The van der Waals surface area contributed by atoms with Crippen molar-refractivity contribution in [3.8, 4) is 27.8 Å². The van der Waals surface area contributed by atoms with E-state index in [4.69, 9.17) is 20.4 Å². The largest absolute Gasteiger partial charge is 0.375 e. The summed E-state index contributed by atoms with van der Waals surface area (Å²) in [6.07, 6.45) is 4.49. The molecule has 0 spiro atoms. The number of thiazole rings is 1. The molecule has 0 amide bonds. The Bertz CT molecular complexity index is 1440. The summed E-state index contributed by atoms with van der Waals surface area (Å²) in [6, 6.07) is 3.29. The number of ether oxygens (including phenoxy) is 1. The fourth-order valence-corrected chi connectivity index (χ4v) is 6.34. The van der Waals surface area contributed by atoms with Crippen LogP contribution in [0.1, 0.15) is 44.9 Å². The van der Waals surface area contributed by atoms with Gasteiger partial charge < -0.3 is 15.4 Å². The smallest absolute Gasteiger partial charge is 0.181 e. The van der Waals surface area contributed by atoms with Gasteiger partial charge in [-0.3, -0.25) is 4.57 Å². The lowest BCUT2D eigenvalue weighted by atomic mass is 10.1. The molecule has 38 heavy (non-hydrogen) atoms. The van der Waals surface area contributed by atoms with Crippen molar-refractivity contribution in [2.75, 3.05) is 17.2 Å². The van der Waals surface area contributed by atoms with Crippen molar-refractivity contribution >= 4 is 30.4 Å². The first-order chi connectivity index (χ1) is 18.1. The van der Waals surface area contributed by atoms with Crippen LogP contribution in [0.5, 0.6) is 0 Å². The van der Waals surface area contributed by atoms with E-state index >= 15 is 0 Å². The van der Waals surface area contributed by atoms with Crippen molar-refractivity contribution in [2.45, 2.75) is 78.6 Å². The summed E-state index contributed by atoms with van der Waals surface area (Å²) < 4.78 is 9.86. The van der Waals surface area contributed by atoms with Gasteiger partial charge in [-0.1, -0.05) is 37.9 Å². The maximum atomic E-state index is 6.23. The van der Waals surface area contributed by atoms with Crippen molar-refractivity contribution in [1.29, 1.82) is 0 Å². The molecular weight excluding hydrogens is 516 g/mol. The molecule has 0 fully saturated rings. The van der Waals surface area contributed by atoms with Crippen LogP contribution in [0.3, 0.4) is 0 Å². The maximum Gasteiger partial charge on any atom is 0.181 e. The quantitative estimate of drug-likeness (QED) is 0.227. The number of nitrogens with two attached hydrogens (primary N) is 1. The lowest BCUT2D eigenvalue weighted by molar-refractivity contribution is 0.0797. The molecule has 1 aliphatic heterocycles. The molecule has 0 bridgehead atoms. The van der Waals surface area contributed by atoms with Gasteiger partial charge in [0.25, 0.3) is 0 Å². The van der Waals surface area contributed by atoms with E-state index in [1.54, 1.807) is 6.20 Å². The Balaban J connectivity index is 1.54. The van der Waals surface area contributed by atoms with E-state index in [9.17, 15) is 0 Å². The molecule has 11 nitrogen and oxygen atoms in total. The zero-order valence-electron chi connectivity index (χ0n) is 23.1. The average Bonchev–Trinajstić information content (AvgIpc) is 3.58. The third kappa shape index (κ3) is 4.85. The average molecular weight is 553 g/mol. The minimum absolute atomic E-state index is 0.0622. The van der Waals surface area contributed by atoms with Gasteiger partial charge in [-0.2, -0.15) is 5.10 Å². The highest BCUT2D eigenvalue weighted by atomic mass is 32.1. The van der Waals surface area contributed by atoms with Gasteiger partial charge in [0.1, 0.15) is 28.8 Å². The summed E-state index contributed by atoms with van der Waals surface area (Å²) in [6.45, 7) is 16.5. The highest BCUT2D eigenvalue weighted by Crippen LogP contribution is 2.42. The molecule has 5 rings (SSSR count). The number of hydrogen-bond acceptors (Lipinski definition) is 10. The van der Waals surface area contributed by atoms with E-state index in [0.29, 0.717) is 30.0 Å². The summed E-state index contributed by atoms with van der Waals surface area (Å²) in [7, 11) is -1.17. The van der Waals surface area contributed by atoms with Gasteiger partial charge in [0, 0.05) is 26.9 Å². The zero-order chi connectivity index (χ0) is 27.2. The van der Waals surface area contributed by atoms with E-state index < -0.39 is 8.07 Å². The molecule has 0 aliphatic carbocycles. The number of aryl methyl sites for hydroxylation is 1. The summed E-state index contributed by atoms with van der Waals surface area (Å²) >= 11 is 1.38. The Morgan fingerprint density at radius 3 is 2.68 bits per heavy atom. The Morgan fingerprint density at radius 2 is 1.97 bits per heavy atom. The number of anilines is 2. The van der Waals surface area contributed by atoms with E-state index in [0.717, 1.165) is 46.2 Å². The van der Waals surface area contributed by atoms with Crippen molar-refractivity contribution in [2.24, 2.45) is 0 Å². The Morgan fingerprint density at radius 1 is 1.18 bits per heavy atom. The maximum absolute atomic E-state index is 6.23. The van der Waals surface area contributed by atoms with Crippen LogP contribution in [0.15, 0.2) is 18.5 Å². The third-order valence-corrected chi connectivity index (χ3v) is 9.26. The molecule has 4 aromatic heterocycles. The Labute approximate surface area is 228 Å². The van der Waals surface area contributed by atoms with Gasteiger partial charge in [-0.15, -0.1) is 10.2 Å². The van der Waals surface area contributed by atoms with Gasteiger partial charge in [0.2, 0.25) is 0 Å². The standard InChI is InChI=1S/C25H36N10OSSi/c1-8-17-24-32-31-16(4)35(24)19-13-27-22(30-23(19)34(17)15(2)3)21-20(29-25(26)37-21)18-9-10-28-33(18)14-36-11-12-38(5,6)7/h9-10,13,15,17H,8,11-12,14H2,1-7H3,(H2,26,29)/t17-/m1/s1. The van der Waals surface area contributed by atoms with Gasteiger partial charge in [-0.05, 0) is 39.3 Å². The van der Waals surface area contributed by atoms with Crippen molar-refractivity contribution in [1.82, 2.24) is 39.5 Å². The Hall–Kier alpha value is -3.16. The molecule has 13 heteroatoms. The topological polar surface area (TPSA) is 126 Å². The predicted molar refractivity (Wildman–Crippen MR) is 153 cm³/mol. The van der Waals surface area contributed by atoms with Gasteiger partial charge >= 0.3 is 0 Å². The predicted octanol–water partition coefficient (Wildman–Crippen LogP) is 4.93. The second kappa shape index (κ2) is 10.2. The lowest BCUT2D eigenvalue weighted by Gasteiger charge is -2.39. The minimum Gasteiger partial charge on any atom is -0.375 e. The highest BCUT2D eigenvalue weighted by Gasteiger charge is 2.36. The number of rotatable bonds is 9. The molecule has 5 heterocycles. The highest BCUT2D eigenvalue weighted by molar-refractivity contribution is 7.19. The molecular formula is C25H36N10OSSi. The second-order valence-electron chi connectivity index (χ2n) is 11.1. The van der Waals surface area contributed by atoms with Crippen molar-refractivity contribution in [3.05, 3.63) is 30.1 Å². The summed E-state index contributed by atoms with van der Waals surface area (Å²) in [5.41, 5.74) is 8.64. The zero-order valence-corrected chi connectivity index (χ0v) is 25.0. The molecule has 1 atom stereocenters. The number of fused-ring (bicyclic) bond motifs is 3. The first kappa shape index (κ1) is 26.4. The number of aromatic nitrogens is 8. The van der Waals surface area contributed by atoms with E-state index in [-0.39, 0.29) is 12.1 Å². The molecule has 1 aliphatic rings. The van der Waals surface area contributed by atoms with Crippen LogP contribution in [-0.4, -0.2) is 60.2 Å². The van der Waals surface area contributed by atoms with Crippen LogP contribution in [0.2, 0.25) is 25.7 Å². The van der Waals surface area contributed by atoms with Crippen LogP contribution >= 0.6 is 11.3 Å². The molecule has 0 unspecified atom stereocenters. The van der Waals surface area contributed by atoms with Crippen molar-refractivity contribution < 1.29 is 4.74 Å². The van der Waals surface area contributed by atoms with Gasteiger partial charge in [-0.25, -0.2) is 19.6 Å². The fourth-order valence-electron chi connectivity index (χ4n) is 4.80. The number of nitrogens with zero attached hydrogens (tertiary/aromatic N) is 9. The molecule has 0 saturated heterocycles. The van der Waals surface area contributed by atoms with Crippen LogP contribution in [0.25, 0.3) is 27.8 Å². The van der Waals surface area contributed by atoms with Crippen LogP contribution in [-0.2, 0) is 11.5 Å². The van der Waals surface area contributed by atoms with Crippen LogP contribution < -0.4 is 10.6 Å². The van der Waals surface area contributed by atoms with Crippen LogP contribution in [0, 0.1) is 6.92 Å². The molecule has 0 aromatic carbocycles. The summed E-state index contributed by atoms with van der Waals surface area (Å²) in [4.78, 5) is 17.7. The molecule has 202 valence electrons. The lowest BCUT2D eigenvalue weighted by Crippen LogP contribution is -2.40. The van der Waals surface area contributed by atoms with Crippen molar-refractivity contribution in [3.63, 3.8) is 0 Å². The molecule has 0 saturated carbocycles. The molecule has 2 N–H and O–H groups in total. The summed E-state index contributed by atoms with van der Waals surface area (Å²) in [5.74, 6) is 3.17.